The molecule has 0 aliphatic carbocycles. The standard InChI is InChI=1S/C12H30O8SSi2/c1-15-22(16-2,17-3)11-7-9-21(13,14)10-8-12-23(18-4,19-5)20-6/h7-12H2,1-6H3. The Kier molecular flexibility index (Phi) is 11.0. The van der Waals surface area contributed by atoms with Crippen LogP contribution in [0, 0.1) is 0 Å². The second kappa shape index (κ2) is 10.9. The van der Waals surface area contributed by atoms with Crippen LogP contribution in [0.2, 0.25) is 12.1 Å². The van der Waals surface area contributed by atoms with Crippen molar-refractivity contribution in [1.29, 1.82) is 0 Å². The van der Waals surface area contributed by atoms with Gasteiger partial charge < -0.3 is 26.6 Å². The van der Waals surface area contributed by atoms with E-state index in [4.69, 9.17) is 26.6 Å². The number of sulfone groups is 1. The number of hydrogen-bond acceptors (Lipinski definition) is 8. The molecular weight excluding hydrogens is 360 g/mol. The van der Waals surface area contributed by atoms with Crippen LogP contribution in [-0.2, 0) is 36.4 Å². The quantitative estimate of drug-likeness (QED) is 0.405. The molecule has 0 N–H and O–H groups in total. The first-order valence-corrected chi connectivity index (χ1v) is 13.0. The fourth-order valence-electron chi connectivity index (χ4n) is 2.23. The minimum atomic E-state index is -3.16. The summed E-state index contributed by atoms with van der Waals surface area (Å²) in [7, 11) is 0.481. The van der Waals surface area contributed by atoms with Crippen LogP contribution in [0.5, 0.6) is 0 Å². The third kappa shape index (κ3) is 7.71. The van der Waals surface area contributed by atoms with Crippen LogP contribution in [-0.4, -0.2) is 80.2 Å². The van der Waals surface area contributed by atoms with Crippen molar-refractivity contribution in [2.24, 2.45) is 0 Å². The molecule has 0 bridgehead atoms. The molecule has 140 valence electrons. The lowest BCUT2D eigenvalue weighted by Crippen LogP contribution is -2.43. The van der Waals surface area contributed by atoms with Gasteiger partial charge in [0.1, 0.15) is 9.84 Å². The monoisotopic (exact) mass is 390 g/mol. The van der Waals surface area contributed by atoms with Gasteiger partial charge >= 0.3 is 17.6 Å². The minimum absolute atomic E-state index is 0.0688. The van der Waals surface area contributed by atoms with Crippen molar-refractivity contribution >= 4 is 27.4 Å². The van der Waals surface area contributed by atoms with E-state index in [9.17, 15) is 8.42 Å². The van der Waals surface area contributed by atoms with Crippen LogP contribution in [0.3, 0.4) is 0 Å². The van der Waals surface area contributed by atoms with Gasteiger partial charge in [0.2, 0.25) is 0 Å². The van der Waals surface area contributed by atoms with Crippen LogP contribution in [0.25, 0.3) is 0 Å². The van der Waals surface area contributed by atoms with Crippen molar-refractivity contribution in [2.75, 3.05) is 54.2 Å². The van der Waals surface area contributed by atoms with E-state index in [1.807, 2.05) is 0 Å². The summed E-state index contributed by atoms with van der Waals surface area (Å²) in [5, 5.41) is 0. The molecule has 0 aromatic rings. The predicted molar refractivity (Wildman–Crippen MR) is 91.1 cm³/mol. The first-order valence-electron chi connectivity index (χ1n) is 7.29. The Morgan fingerprint density at radius 1 is 0.609 bits per heavy atom. The van der Waals surface area contributed by atoms with Gasteiger partial charge in [-0.2, -0.15) is 0 Å². The van der Waals surface area contributed by atoms with E-state index >= 15 is 0 Å². The topological polar surface area (TPSA) is 89.5 Å². The van der Waals surface area contributed by atoms with Gasteiger partial charge in [-0.25, -0.2) is 8.42 Å². The van der Waals surface area contributed by atoms with E-state index < -0.39 is 27.4 Å². The maximum Gasteiger partial charge on any atom is 0.500 e. The van der Waals surface area contributed by atoms with Crippen molar-refractivity contribution in [2.45, 2.75) is 24.9 Å². The van der Waals surface area contributed by atoms with Gasteiger partial charge in [0, 0.05) is 54.7 Å². The second-order valence-electron chi connectivity index (χ2n) is 4.95. The fourth-order valence-corrected chi connectivity index (χ4v) is 7.56. The molecule has 0 aliphatic heterocycles. The Bertz CT molecular complexity index is 361. The molecule has 0 aromatic carbocycles. The highest BCUT2D eigenvalue weighted by molar-refractivity contribution is 7.91. The van der Waals surface area contributed by atoms with Crippen molar-refractivity contribution in [3.8, 4) is 0 Å². The SMILES string of the molecule is CO[Si](CCCS(=O)(=O)CCC[Si](OC)(OC)OC)(OC)OC. The molecule has 0 spiro atoms. The molecule has 8 nitrogen and oxygen atoms in total. The Morgan fingerprint density at radius 2 is 0.870 bits per heavy atom. The lowest BCUT2D eigenvalue weighted by Gasteiger charge is -2.24. The summed E-state index contributed by atoms with van der Waals surface area (Å²) < 4.78 is 55.9. The number of hydrogen-bond donors (Lipinski definition) is 0. The summed E-state index contributed by atoms with van der Waals surface area (Å²) >= 11 is 0. The van der Waals surface area contributed by atoms with E-state index in [0.717, 1.165) is 0 Å². The molecule has 0 saturated heterocycles. The van der Waals surface area contributed by atoms with Crippen molar-refractivity contribution in [3.05, 3.63) is 0 Å². The summed E-state index contributed by atoms with van der Waals surface area (Å²) in [6, 6.07) is 0.922. The van der Waals surface area contributed by atoms with Crippen LogP contribution in [0.4, 0.5) is 0 Å². The summed E-state index contributed by atoms with van der Waals surface area (Å²) in [5.41, 5.74) is 0. The highest BCUT2D eigenvalue weighted by atomic mass is 32.2. The summed E-state index contributed by atoms with van der Waals surface area (Å²) in [4.78, 5) is 0. The van der Waals surface area contributed by atoms with Crippen LogP contribution < -0.4 is 0 Å². The molecule has 0 aromatic heterocycles. The summed E-state index contributed by atoms with van der Waals surface area (Å²) in [6.07, 6.45) is 0.872. The smallest absolute Gasteiger partial charge is 0.377 e. The molecular formula is C12H30O8SSi2. The van der Waals surface area contributed by atoms with Crippen LogP contribution in [0.1, 0.15) is 12.8 Å². The fraction of sp³-hybridized carbons (Fsp3) is 1.00. The predicted octanol–water partition coefficient (Wildman–Crippen LogP) is 0.938. The normalized spacial score (nSPS) is 13.5. The molecule has 0 atom stereocenters. The van der Waals surface area contributed by atoms with Gasteiger partial charge in [-0.3, -0.25) is 0 Å². The Balaban J connectivity index is 4.35. The van der Waals surface area contributed by atoms with Crippen LogP contribution in [0.15, 0.2) is 0 Å². The van der Waals surface area contributed by atoms with E-state index in [1.165, 1.54) is 42.7 Å². The Morgan fingerprint density at radius 3 is 1.09 bits per heavy atom. The summed E-state index contributed by atoms with van der Waals surface area (Å²) in [5.74, 6) is 0.138. The van der Waals surface area contributed by atoms with E-state index in [0.29, 0.717) is 24.9 Å². The maximum absolute atomic E-state index is 12.1. The zero-order chi connectivity index (χ0) is 18.0. The molecule has 0 amide bonds. The van der Waals surface area contributed by atoms with Crippen molar-refractivity contribution < 1.29 is 35.0 Å². The van der Waals surface area contributed by atoms with Gasteiger partial charge in [0.05, 0.1) is 11.5 Å². The molecule has 0 heterocycles. The first kappa shape index (κ1) is 23.1. The Hall–Kier alpha value is 0.144. The molecule has 0 radical (unpaired) electrons. The van der Waals surface area contributed by atoms with Crippen molar-refractivity contribution in [1.82, 2.24) is 0 Å². The average Bonchev–Trinajstić information content (AvgIpc) is 2.56. The minimum Gasteiger partial charge on any atom is -0.377 e. The van der Waals surface area contributed by atoms with Gasteiger partial charge in [0.15, 0.2) is 0 Å². The van der Waals surface area contributed by atoms with Gasteiger partial charge in [-0.15, -0.1) is 0 Å². The van der Waals surface area contributed by atoms with Crippen molar-refractivity contribution in [3.63, 3.8) is 0 Å². The van der Waals surface area contributed by atoms with Gasteiger partial charge in [0.25, 0.3) is 0 Å². The molecule has 0 fully saturated rings. The zero-order valence-corrected chi connectivity index (χ0v) is 17.7. The lowest BCUT2D eigenvalue weighted by atomic mass is 10.6. The summed E-state index contributed by atoms with van der Waals surface area (Å²) in [6.45, 7) is 0. The zero-order valence-electron chi connectivity index (χ0n) is 14.9. The maximum atomic E-state index is 12.1. The third-order valence-corrected chi connectivity index (χ3v) is 11.2. The van der Waals surface area contributed by atoms with E-state index in [1.54, 1.807) is 0 Å². The molecule has 0 saturated carbocycles. The second-order valence-corrected chi connectivity index (χ2v) is 13.4. The molecule has 0 unspecified atom stereocenters. The first-order chi connectivity index (χ1) is 10.8. The molecule has 23 heavy (non-hydrogen) atoms. The average molecular weight is 391 g/mol. The third-order valence-electron chi connectivity index (χ3n) is 3.74. The van der Waals surface area contributed by atoms with Gasteiger partial charge in [-0.05, 0) is 12.8 Å². The molecule has 0 rings (SSSR count). The highest BCUT2D eigenvalue weighted by Crippen LogP contribution is 2.18. The Labute approximate surface area is 142 Å². The van der Waals surface area contributed by atoms with Gasteiger partial charge in [-0.1, -0.05) is 0 Å². The molecule has 11 heteroatoms. The lowest BCUT2D eigenvalue weighted by molar-refractivity contribution is 0.123. The largest absolute Gasteiger partial charge is 0.500 e. The van der Waals surface area contributed by atoms with Crippen LogP contribution >= 0.6 is 0 Å². The number of rotatable bonds is 14. The van der Waals surface area contributed by atoms with E-state index in [2.05, 4.69) is 0 Å². The highest BCUT2D eigenvalue weighted by Gasteiger charge is 2.38. The molecule has 0 aliphatic rings. The van der Waals surface area contributed by atoms with E-state index in [-0.39, 0.29) is 11.5 Å².